The highest BCUT2D eigenvalue weighted by Crippen LogP contribution is 2.23. The van der Waals surface area contributed by atoms with Crippen molar-refractivity contribution in [3.63, 3.8) is 0 Å². The molecule has 0 aromatic heterocycles. The monoisotopic (exact) mass is 276 g/mol. The van der Waals surface area contributed by atoms with Crippen molar-refractivity contribution in [3.05, 3.63) is 35.9 Å². The fraction of sp³-hybridized carbons (Fsp3) is 0.562. The Hall–Kier alpha value is -1.39. The lowest BCUT2D eigenvalue weighted by Gasteiger charge is -2.24. The predicted octanol–water partition coefficient (Wildman–Crippen LogP) is 1.63. The zero-order chi connectivity index (χ0) is 14.4. The molecule has 0 spiro atoms. The van der Waals surface area contributed by atoms with Crippen molar-refractivity contribution in [2.75, 3.05) is 13.2 Å². The summed E-state index contributed by atoms with van der Waals surface area (Å²) in [6, 6.07) is 9.63. The zero-order valence-corrected chi connectivity index (χ0v) is 12.1. The van der Waals surface area contributed by atoms with E-state index in [1.807, 2.05) is 25.1 Å². The van der Waals surface area contributed by atoms with E-state index >= 15 is 0 Å². The molecule has 1 aromatic rings. The van der Waals surface area contributed by atoms with E-state index in [0.29, 0.717) is 13.0 Å². The molecule has 0 aliphatic carbocycles. The van der Waals surface area contributed by atoms with Crippen molar-refractivity contribution >= 4 is 5.91 Å². The van der Waals surface area contributed by atoms with Crippen molar-refractivity contribution in [2.24, 2.45) is 5.73 Å². The van der Waals surface area contributed by atoms with E-state index in [1.165, 1.54) is 5.56 Å². The van der Waals surface area contributed by atoms with Crippen molar-refractivity contribution in [2.45, 2.75) is 44.2 Å². The number of rotatable bonds is 6. The first-order chi connectivity index (χ1) is 9.59. The van der Waals surface area contributed by atoms with Gasteiger partial charge in [0.15, 0.2) is 0 Å². The molecule has 1 aliphatic rings. The Kier molecular flexibility index (Phi) is 5.15. The van der Waals surface area contributed by atoms with Gasteiger partial charge in [-0.3, -0.25) is 4.79 Å². The Balaban J connectivity index is 1.72. The first-order valence-electron chi connectivity index (χ1n) is 7.30. The zero-order valence-electron chi connectivity index (χ0n) is 12.1. The smallest absolute Gasteiger partial charge is 0.237 e. The molecule has 3 N–H and O–H groups in total. The lowest BCUT2D eigenvalue weighted by molar-refractivity contribution is -0.123. The van der Waals surface area contributed by atoms with Gasteiger partial charge in [-0.1, -0.05) is 30.3 Å². The van der Waals surface area contributed by atoms with Gasteiger partial charge in [-0.2, -0.15) is 0 Å². The Bertz CT molecular complexity index is 427. The molecule has 1 fully saturated rings. The van der Waals surface area contributed by atoms with E-state index in [4.69, 9.17) is 10.5 Å². The van der Waals surface area contributed by atoms with E-state index in [1.54, 1.807) is 0 Å². The van der Waals surface area contributed by atoms with E-state index < -0.39 is 6.04 Å². The minimum absolute atomic E-state index is 0.0855. The normalized spacial score (nSPS) is 23.5. The lowest BCUT2D eigenvalue weighted by atomic mass is 10.0. The van der Waals surface area contributed by atoms with E-state index in [2.05, 4.69) is 17.4 Å². The fourth-order valence-electron chi connectivity index (χ4n) is 2.48. The first kappa shape index (κ1) is 15.0. The predicted molar refractivity (Wildman–Crippen MR) is 79.3 cm³/mol. The van der Waals surface area contributed by atoms with Gasteiger partial charge in [0.05, 0.1) is 11.6 Å². The topological polar surface area (TPSA) is 64.4 Å². The van der Waals surface area contributed by atoms with Gasteiger partial charge in [0, 0.05) is 13.2 Å². The number of benzene rings is 1. The Labute approximate surface area is 120 Å². The summed E-state index contributed by atoms with van der Waals surface area (Å²) in [6.45, 7) is 3.37. The van der Waals surface area contributed by atoms with Crippen molar-refractivity contribution in [1.29, 1.82) is 0 Å². The molecule has 0 bridgehead atoms. The molecule has 1 saturated heterocycles. The quantitative estimate of drug-likeness (QED) is 0.830. The molecule has 0 radical (unpaired) electrons. The molecule has 2 atom stereocenters. The van der Waals surface area contributed by atoms with Crippen LogP contribution < -0.4 is 11.1 Å². The Morgan fingerprint density at radius 2 is 2.20 bits per heavy atom. The molecule has 20 heavy (non-hydrogen) atoms. The van der Waals surface area contributed by atoms with Gasteiger partial charge < -0.3 is 15.8 Å². The van der Waals surface area contributed by atoms with Crippen LogP contribution in [-0.2, 0) is 16.0 Å². The Morgan fingerprint density at radius 3 is 2.85 bits per heavy atom. The summed E-state index contributed by atoms with van der Waals surface area (Å²) < 4.78 is 5.64. The standard InChI is InChI=1S/C16H24N2O2/c1-16(10-5-11-20-16)12-18-15(19)14(17)9-8-13-6-3-2-4-7-13/h2-4,6-7,14H,5,8-12,17H2,1H3,(H,18,19)/t14-,16?/m0/s1. The summed E-state index contributed by atoms with van der Waals surface area (Å²) in [7, 11) is 0. The minimum Gasteiger partial charge on any atom is -0.373 e. The van der Waals surface area contributed by atoms with Gasteiger partial charge in [0.25, 0.3) is 0 Å². The molecule has 2 rings (SSSR count). The van der Waals surface area contributed by atoms with Crippen LogP contribution in [0, 0.1) is 0 Å². The number of carbonyl (C=O) groups is 1. The molecule has 1 unspecified atom stereocenters. The van der Waals surface area contributed by atoms with Crippen LogP contribution in [0.4, 0.5) is 0 Å². The lowest BCUT2D eigenvalue weighted by Crippen LogP contribution is -2.47. The molecule has 1 aliphatic heterocycles. The summed E-state index contributed by atoms with van der Waals surface area (Å²) in [5.41, 5.74) is 6.94. The van der Waals surface area contributed by atoms with Crippen LogP contribution in [-0.4, -0.2) is 30.7 Å². The number of hydrogen-bond donors (Lipinski definition) is 2. The largest absolute Gasteiger partial charge is 0.373 e. The van der Waals surface area contributed by atoms with Crippen molar-refractivity contribution in [1.82, 2.24) is 5.32 Å². The van der Waals surface area contributed by atoms with Gasteiger partial charge >= 0.3 is 0 Å². The summed E-state index contributed by atoms with van der Waals surface area (Å²) >= 11 is 0. The molecule has 0 saturated carbocycles. The first-order valence-corrected chi connectivity index (χ1v) is 7.30. The number of ether oxygens (including phenoxy) is 1. The molecule has 4 nitrogen and oxygen atoms in total. The maximum atomic E-state index is 12.0. The van der Waals surface area contributed by atoms with Crippen LogP contribution in [0.25, 0.3) is 0 Å². The van der Waals surface area contributed by atoms with Crippen LogP contribution >= 0.6 is 0 Å². The minimum atomic E-state index is -0.458. The average Bonchev–Trinajstić information content (AvgIpc) is 2.90. The molecular weight excluding hydrogens is 252 g/mol. The number of carbonyl (C=O) groups excluding carboxylic acids is 1. The van der Waals surface area contributed by atoms with Gasteiger partial charge in [-0.15, -0.1) is 0 Å². The van der Waals surface area contributed by atoms with E-state index in [-0.39, 0.29) is 11.5 Å². The maximum absolute atomic E-state index is 12.0. The van der Waals surface area contributed by atoms with Gasteiger partial charge in [-0.05, 0) is 38.2 Å². The highest BCUT2D eigenvalue weighted by atomic mass is 16.5. The highest BCUT2D eigenvalue weighted by Gasteiger charge is 2.30. The molecule has 1 amide bonds. The van der Waals surface area contributed by atoms with Gasteiger partial charge in [0.1, 0.15) is 0 Å². The summed E-state index contributed by atoms with van der Waals surface area (Å²) in [5.74, 6) is -0.0855. The van der Waals surface area contributed by atoms with Crippen LogP contribution in [0.5, 0.6) is 0 Å². The summed E-state index contributed by atoms with van der Waals surface area (Å²) in [6.07, 6.45) is 3.54. The fourth-order valence-corrected chi connectivity index (χ4v) is 2.48. The second-order valence-corrected chi connectivity index (χ2v) is 5.75. The third-order valence-corrected chi connectivity index (χ3v) is 3.86. The van der Waals surface area contributed by atoms with E-state index in [0.717, 1.165) is 25.9 Å². The molecular formula is C16H24N2O2. The van der Waals surface area contributed by atoms with Crippen LogP contribution in [0.3, 0.4) is 0 Å². The molecule has 1 heterocycles. The Morgan fingerprint density at radius 1 is 1.45 bits per heavy atom. The highest BCUT2D eigenvalue weighted by molar-refractivity contribution is 5.81. The number of hydrogen-bond acceptors (Lipinski definition) is 3. The van der Waals surface area contributed by atoms with Gasteiger partial charge in [0.2, 0.25) is 5.91 Å². The maximum Gasteiger partial charge on any atom is 0.237 e. The number of nitrogens with two attached hydrogens (primary N) is 1. The third kappa shape index (κ3) is 4.32. The number of amides is 1. The number of nitrogens with one attached hydrogen (secondary N) is 1. The van der Waals surface area contributed by atoms with Crippen LogP contribution in [0.1, 0.15) is 31.7 Å². The van der Waals surface area contributed by atoms with E-state index in [9.17, 15) is 4.79 Å². The van der Waals surface area contributed by atoms with Crippen LogP contribution in [0.2, 0.25) is 0 Å². The SMILES string of the molecule is CC1(CNC(=O)[C@@H](N)CCc2ccccc2)CCCO1. The second-order valence-electron chi connectivity index (χ2n) is 5.75. The molecule has 1 aromatic carbocycles. The van der Waals surface area contributed by atoms with Crippen molar-refractivity contribution in [3.8, 4) is 0 Å². The average molecular weight is 276 g/mol. The summed E-state index contributed by atoms with van der Waals surface area (Å²) in [5, 5.41) is 2.91. The molecule has 110 valence electrons. The molecule has 4 heteroatoms. The number of aryl methyl sites for hydroxylation is 1. The van der Waals surface area contributed by atoms with Crippen molar-refractivity contribution < 1.29 is 9.53 Å². The van der Waals surface area contributed by atoms with Crippen LogP contribution in [0.15, 0.2) is 30.3 Å². The summed E-state index contributed by atoms with van der Waals surface area (Å²) in [4.78, 5) is 12.0. The van der Waals surface area contributed by atoms with Gasteiger partial charge in [-0.25, -0.2) is 0 Å². The third-order valence-electron chi connectivity index (χ3n) is 3.86. The second kappa shape index (κ2) is 6.86.